The first-order valence-corrected chi connectivity index (χ1v) is 8.82. The minimum Gasteiger partial charge on any atom is -0.497 e. The van der Waals surface area contributed by atoms with E-state index in [1.165, 1.54) is 5.56 Å². The van der Waals surface area contributed by atoms with Crippen molar-refractivity contribution >= 4 is 17.8 Å². The lowest BCUT2D eigenvalue weighted by Crippen LogP contribution is -2.26. The largest absolute Gasteiger partial charge is 0.497 e. The molecule has 0 fully saturated rings. The van der Waals surface area contributed by atoms with E-state index in [0.29, 0.717) is 17.2 Å². The summed E-state index contributed by atoms with van der Waals surface area (Å²) < 4.78 is 22.3. The molecule has 5 heteroatoms. The molecule has 0 spiro atoms. The fourth-order valence-corrected chi connectivity index (χ4v) is 3.93. The summed E-state index contributed by atoms with van der Waals surface area (Å²) in [5, 5.41) is 0. The molecule has 0 N–H and O–H groups in total. The van der Waals surface area contributed by atoms with Crippen LogP contribution in [-0.2, 0) is 0 Å². The third-order valence-corrected chi connectivity index (χ3v) is 5.26. The maximum Gasteiger partial charge on any atom is 0.203 e. The molecule has 2 aromatic rings. The van der Waals surface area contributed by atoms with E-state index in [4.69, 9.17) is 18.9 Å². The summed E-state index contributed by atoms with van der Waals surface area (Å²) in [7, 11) is 6.62. The predicted octanol–water partition coefficient (Wildman–Crippen LogP) is 4.58. The van der Waals surface area contributed by atoms with Crippen molar-refractivity contribution in [3.05, 3.63) is 52.7 Å². The summed E-state index contributed by atoms with van der Waals surface area (Å²) in [5.41, 5.74) is 5.58. The number of ether oxygens (including phenoxy) is 4. The van der Waals surface area contributed by atoms with Crippen LogP contribution in [0.2, 0.25) is 0 Å². The van der Waals surface area contributed by atoms with Crippen molar-refractivity contribution in [3.8, 4) is 23.0 Å². The molecule has 2 aliphatic heterocycles. The van der Waals surface area contributed by atoms with Crippen molar-refractivity contribution in [1.29, 1.82) is 0 Å². The highest BCUT2D eigenvalue weighted by Gasteiger charge is 2.33. The first-order chi connectivity index (χ1) is 13.1. The molecule has 0 bridgehead atoms. The third kappa shape index (κ3) is 2.53. The molecular weight excluding hydrogens is 342 g/mol. The number of hydrogen-bond donors (Lipinski definition) is 0. The SMILES string of the molecule is COc1ccc2c(c1)C1=Cc3cc(OC)c(OC)c(OC)c3C(C)N1C=C2. The van der Waals surface area contributed by atoms with Gasteiger partial charge in [-0.3, -0.25) is 0 Å². The van der Waals surface area contributed by atoms with Crippen LogP contribution in [0.25, 0.3) is 17.8 Å². The zero-order valence-corrected chi connectivity index (χ0v) is 16.2. The van der Waals surface area contributed by atoms with Gasteiger partial charge in [-0.15, -0.1) is 0 Å². The molecule has 0 radical (unpaired) electrons. The summed E-state index contributed by atoms with van der Waals surface area (Å²) in [4.78, 5) is 2.25. The van der Waals surface area contributed by atoms with Crippen molar-refractivity contribution < 1.29 is 18.9 Å². The van der Waals surface area contributed by atoms with E-state index in [0.717, 1.165) is 28.1 Å². The Morgan fingerprint density at radius 3 is 2.30 bits per heavy atom. The van der Waals surface area contributed by atoms with Gasteiger partial charge in [0, 0.05) is 23.0 Å². The monoisotopic (exact) mass is 365 g/mol. The molecule has 0 saturated heterocycles. The number of rotatable bonds is 4. The van der Waals surface area contributed by atoms with Gasteiger partial charge >= 0.3 is 0 Å². The van der Waals surface area contributed by atoms with E-state index in [2.05, 4.69) is 42.3 Å². The minimum atomic E-state index is 0.0744. The van der Waals surface area contributed by atoms with Crippen LogP contribution in [0, 0.1) is 0 Å². The Kier molecular flexibility index (Phi) is 4.22. The van der Waals surface area contributed by atoms with Crippen LogP contribution in [-0.4, -0.2) is 33.3 Å². The minimum absolute atomic E-state index is 0.0744. The van der Waals surface area contributed by atoms with E-state index in [1.807, 2.05) is 12.1 Å². The van der Waals surface area contributed by atoms with Gasteiger partial charge in [-0.25, -0.2) is 0 Å². The van der Waals surface area contributed by atoms with Crippen molar-refractivity contribution in [3.63, 3.8) is 0 Å². The van der Waals surface area contributed by atoms with Gasteiger partial charge < -0.3 is 23.8 Å². The van der Waals surface area contributed by atoms with Gasteiger partial charge in [0.2, 0.25) is 5.75 Å². The average molecular weight is 365 g/mol. The van der Waals surface area contributed by atoms with Crippen molar-refractivity contribution in [1.82, 2.24) is 4.90 Å². The van der Waals surface area contributed by atoms with Gasteiger partial charge in [-0.05, 0) is 48.4 Å². The first-order valence-electron chi connectivity index (χ1n) is 8.82. The van der Waals surface area contributed by atoms with Crippen LogP contribution < -0.4 is 18.9 Å². The zero-order valence-electron chi connectivity index (χ0n) is 16.2. The Bertz CT molecular complexity index is 961. The van der Waals surface area contributed by atoms with Crippen molar-refractivity contribution in [2.75, 3.05) is 28.4 Å². The molecule has 27 heavy (non-hydrogen) atoms. The molecule has 5 nitrogen and oxygen atoms in total. The normalized spacial score (nSPS) is 16.7. The van der Waals surface area contributed by atoms with Gasteiger partial charge in [0.15, 0.2) is 11.5 Å². The van der Waals surface area contributed by atoms with E-state index in [1.54, 1.807) is 28.4 Å². The third-order valence-electron chi connectivity index (χ3n) is 5.26. The quantitative estimate of drug-likeness (QED) is 0.793. The highest BCUT2D eigenvalue weighted by Crippen LogP contribution is 2.51. The number of nitrogens with zero attached hydrogens (tertiary/aromatic N) is 1. The summed E-state index contributed by atoms with van der Waals surface area (Å²) >= 11 is 0. The smallest absolute Gasteiger partial charge is 0.203 e. The van der Waals surface area contributed by atoms with Crippen LogP contribution in [0.3, 0.4) is 0 Å². The fourth-order valence-electron chi connectivity index (χ4n) is 3.93. The van der Waals surface area contributed by atoms with Gasteiger partial charge in [-0.2, -0.15) is 0 Å². The highest BCUT2D eigenvalue weighted by molar-refractivity contribution is 5.91. The topological polar surface area (TPSA) is 40.2 Å². The zero-order chi connectivity index (χ0) is 19.1. The first kappa shape index (κ1) is 17.3. The van der Waals surface area contributed by atoms with Gasteiger partial charge in [0.05, 0.1) is 34.5 Å². The average Bonchev–Trinajstić information content (AvgIpc) is 2.71. The van der Waals surface area contributed by atoms with Crippen LogP contribution in [0.4, 0.5) is 0 Å². The number of methoxy groups -OCH3 is 4. The Balaban J connectivity index is 1.97. The van der Waals surface area contributed by atoms with E-state index in [9.17, 15) is 0 Å². The Morgan fingerprint density at radius 1 is 0.852 bits per heavy atom. The Labute approximate surface area is 159 Å². The summed E-state index contributed by atoms with van der Waals surface area (Å²) in [6, 6.07) is 8.22. The second-order valence-corrected chi connectivity index (χ2v) is 6.53. The molecule has 2 aliphatic rings. The second-order valence-electron chi connectivity index (χ2n) is 6.53. The van der Waals surface area contributed by atoms with Crippen LogP contribution in [0.15, 0.2) is 30.5 Å². The molecule has 1 unspecified atom stereocenters. The summed E-state index contributed by atoms with van der Waals surface area (Å²) in [6.07, 6.45) is 6.41. The lowest BCUT2D eigenvalue weighted by Gasteiger charge is -2.39. The van der Waals surface area contributed by atoms with Crippen molar-refractivity contribution in [2.45, 2.75) is 13.0 Å². The number of benzene rings is 2. The summed E-state index contributed by atoms with van der Waals surface area (Å²) in [6.45, 7) is 2.16. The van der Waals surface area contributed by atoms with E-state index in [-0.39, 0.29) is 6.04 Å². The standard InChI is InChI=1S/C22H23NO4/c1-13-20-15(11-19(25-3)21(26-4)22(20)27-5)10-18-17-12-16(24-2)7-6-14(17)8-9-23(13)18/h6-13H,1-5H3. The highest BCUT2D eigenvalue weighted by atomic mass is 16.5. The second kappa shape index (κ2) is 6.58. The molecule has 4 rings (SSSR count). The predicted molar refractivity (Wildman–Crippen MR) is 106 cm³/mol. The maximum atomic E-state index is 5.73. The Hall–Kier alpha value is -3.08. The molecule has 140 valence electrons. The Morgan fingerprint density at radius 2 is 1.63 bits per heavy atom. The fraction of sp³-hybridized carbons (Fsp3) is 0.273. The molecule has 0 amide bonds. The molecule has 1 atom stereocenters. The molecule has 2 heterocycles. The summed E-state index contributed by atoms with van der Waals surface area (Å²) in [5.74, 6) is 2.82. The lowest BCUT2D eigenvalue weighted by atomic mass is 9.88. The number of fused-ring (bicyclic) bond motifs is 4. The van der Waals surface area contributed by atoms with Gasteiger partial charge in [0.1, 0.15) is 5.75 Å². The van der Waals surface area contributed by atoms with Crippen LogP contribution in [0.5, 0.6) is 23.0 Å². The molecule has 0 aromatic heterocycles. The molecule has 2 aromatic carbocycles. The van der Waals surface area contributed by atoms with Gasteiger partial charge in [0.25, 0.3) is 0 Å². The number of hydrogen-bond acceptors (Lipinski definition) is 5. The van der Waals surface area contributed by atoms with Crippen molar-refractivity contribution in [2.24, 2.45) is 0 Å². The molecular formula is C22H23NO4. The van der Waals surface area contributed by atoms with Crippen LogP contribution in [0.1, 0.15) is 35.2 Å². The molecule has 0 saturated carbocycles. The van der Waals surface area contributed by atoms with E-state index >= 15 is 0 Å². The maximum absolute atomic E-state index is 5.73. The van der Waals surface area contributed by atoms with Crippen LogP contribution >= 0.6 is 0 Å². The van der Waals surface area contributed by atoms with E-state index < -0.39 is 0 Å². The lowest BCUT2D eigenvalue weighted by molar-refractivity contribution is 0.313. The van der Waals surface area contributed by atoms with Gasteiger partial charge in [-0.1, -0.05) is 6.07 Å². The molecule has 0 aliphatic carbocycles.